The normalized spacial score (nSPS) is 12.0. The molecule has 3 rings (SSSR count). The molecule has 0 bridgehead atoms. The molecule has 0 spiro atoms. The lowest BCUT2D eigenvalue weighted by molar-refractivity contribution is 0.365. The van der Waals surface area contributed by atoms with Gasteiger partial charge in [0.25, 0.3) is 0 Å². The van der Waals surface area contributed by atoms with E-state index >= 15 is 0 Å². The molecule has 0 aliphatic carbocycles. The molecule has 0 saturated carbocycles. The third-order valence-corrected chi connectivity index (χ3v) is 4.04. The molecule has 0 N–H and O–H groups in total. The molecule has 0 aliphatic rings. The fourth-order valence-corrected chi connectivity index (χ4v) is 2.85. The van der Waals surface area contributed by atoms with Gasteiger partial charge in [-0.1, -0.05) is 60.1 Å². The molecule has 1 unspecified atom stereocenters. The maximum atomic E-state index is 13.8. The third kappa shape index (κ3) is 3.54. The second-order valence-corrected chi connectivity index (χ2v) is 5.80. The Labute approximate surface area is 145 Å². The van der Waals surface area contributed by atoms with Gasteiger partial charge >= 0.3 is 0 Å². The van der Waals surface area contributed by atoms with Gasteiger partial charge in [0.15, 0.2) is 5.82 Å². The molecule has 1 atom stereocenters. The molecule has 1 aromatic heterocycles. The number of alkyl halides is 1. The molecule has 0 radical (unpaired) electrons. The lowest BCUT2D eigenvalue weighted by Gasteiger charge is -2.25. The molecule has 0 fully saturated rings. The molecule has 24 heavy (non-hydrogen) atoms. The van der Waals surface area contributed by atoms with Gasteiger partial charge in [-0.15, -0.1) is 0 Å². The lowest BCUT2D eigenvalue weighted by atomic mass is 10.2. The van der Waals surface area contributed by atoms with E-state index in [1.54, 1.807) is 0 Å². The fraction of sp³-hybridized carbons (Fsp3) is 0.158. The number of para-hydroxylation sites is 1. The predicted octanol–water partition coefficient (Wildman–Crippen LogP) is 5.50. The van der Waals surface area contributed by atoms with Crippen molar-refractivity contribution < 1.29 is 4.39 Å². The van der Waals surface area contributed by atoms with Crippen LogP contribution in [0.3, 0.4) is 0 Å². The molecule has 122 valence electrons. The topological polar surface area (TPSA) is 29.0 Å². The van der Waals surface area contributed by atoms with E-state index in [1.807, 2.05) is 65.6 Å². The Morgan fingerprint density at radius 3 is 2.25 bits per heavy atom. The zero-order valence-corrected chi connectivity index (χ0v) is 14.0. The van der Waals surface area contributed by atoms with Crippen LogP contribution < -0.4 is 4.90 Å². The maximum Gasteiger partial charge on any atom is 0.155 e. The van der Waals surface area contributed by atoms with Gasteiger partial charge in [-0.25, -0.2) is 14.4 Å². The number of nitrogens with zero attached hydrogens (tertiary/aromatic N) is 3. The van der Waals surface area contributed by atoms with Gasteiger partial charge in [-0.3, -0.25) is 0 Å². The summed E-state index contributed by atoms with van der Waals surface area (Å²) in [5.74, 6) is 0.501. The predicted molar refractivity (Wildman–Crippen MR) is 95.3 cm³/mol. The Balaban J connectivity index is 2.07. The number of hydrogen-bond acceptors (Lipinski definition) is 3. The molecule has 0 aliphatic heterocycles. The first-order chi connectivity index (χ1) is 11.7. The summed E-state index contributed by atoms with van der Waals surface area (Å²) in [6.45, 7) is 1.99. The summed E-state index contributed by atoms with van der Waals surface area (Å²) in [6.07, 6.45) is 0.0988. The summed E-state index contributed by atoms with van der Waals surface area (Å²) in [6, 6.07) is 19.8. The second-order valence-electron chi connectivity index (χ2n) is 5.42. The highest BCUT2D eigenvalue weighted by molar-refractivity contribution is 6.33. The molecule has 3 nitrogen and oxygen atoms in total. The lowest BCUT2D eigenvalue weighted by Crippen LogP contribution is -2.19. The molecule has 0 amide bonds. The highest BCUT2D eigenvalue weighted by Crippen LogP contribution is 2.35. The summed E-state index contributed by atoms with van der Waals surface area (Å²) in [5, 5.41) is 0.243. The summed E-state index contributed by atoms with van der Waals surface area (Å²) < 4.78 is 13.8. The number of benzene rings is 2. The minimum absolute atomic E-state index is 0.204. The second kappa shape index (κ2) is 7.41. The Bertz CT molecular complexity index is 794. The van der Waals surface area contributed by atoms with Gasteiger partial charge in [0.1, 0.15) is 17.5 Å². The van der Waals surface area contributed by atoms with Crippen LogP contribution in [0, 0.1) is 0 Å². The Morgan fingerprint density at radius 1 is 1.00 bits per heavy atom. The quantitative estimate of drug-likeness (QED) is 0.613. The van der Waals surface area contributed by atoms with Crippen LogP contribution in [0.4, 0.5) is 15.9 Å². The van der Waals surface area contributed by atoms with Crippen molar-refractivity contribution in [3.05, 3.63) is 83.3 Å². The molecule has 3 aromatic rings. The van der Waals surface area contributed by atoms with Crippen LogP contribution in [-0.2, 0) is 6.54 Å². The van der Waals surface area contributed by atoms with Gasteiger partial charge in [0, 0.05) is 12.2 Å². The van der Waals surface area contributed by atoms with Crippen LogP contribution in [0.2, 0.25) is 5.02 Å². The zero-order chi connectivity index (χ0) is 16.9. The van der Waals surface area contributed by atoms with Crippen molar-refractivity contribution >= 4 is 23.1 Å². The van der Waals surface area contributed by atoms with Crippen molar-refractivity contribution in [1.29, 1.82) is 0 Å². The standard InChI is InChI=1S/C19H17ClFN3/c1-14(21)18-17(20)19(23-13-22-18)24(16-10-6-3-7-11-16)12-15-8-4-2-5-9-15/h2-11,13-14H,12H2,1H3. The van der Waals surface area contributed by atoms with Crippen LogP contribution in [0.5, 0.6) is 0 Å². The van der Waals surface area contributed by atoms with E-state index in [2.05, 4.69) is 9.97 Å². The summed E-state index contributed by atoms with van der Waals surface area (Å²) in [5.41, 5.74) is 2.24. The summed E-state index contributed by atoms with van der Waals surface area (Å²) >= 11 is 6.41. The van der Waals surface area contributed by atoms with Crippen LogP contribution in [0.15, 0.2) is 67.0 Å². The van der Waals surface area contributed by atoms with Crippen molar-refractivity contribution in [3.63, 3.8) is 0 Å². The fourth-order valence-electron chi connectivity index (χ4n) is 2.50. The van der Waals surface area contributed by atoms with E-state index in [-0.39, 0.29) is 10.7 Å². The van der Waals surface area contributed by atoms with Gasteiger partial charge in [0.2, 0.25) is 0 Å². The van der Waals surface area contributed by atoms with Crippen LogP contribution in [0.25, 0.3) is 0 Å². The first-order valence-electron chi connectivity index (χ1n) is 7.68. The van der Waals surface area contributed by atoms with E-state index in [1.165, 1.54) is 13.3 Å². The third-order valence-electron chi connectivity index (χ3n) is 3.68. The van der Waals surface area contributed by atoms with Gasteiger partial charge in [0.05, 0.1) is 5.69 Å². The van der Waals surface area contributed by atoms with Gasteiger partial charge in [-0.2, -0.15) is 0 Å². The highest BCUT2D eigenvalue weighted by atomic mass is 35.5. The number of hydrogen-bond donors (Lipinski definition) is 0. The summed E-state index contributed by atoms with van der Waals surface area (Å²) in [7, 11) is 0. The van der Waals surface area contributed by atoms with Crippen molar-refractivity contribution in [2.24, 2.45) is 0 Å². The Kier molecular flexibility index (Phi) is 5.06. The molecule has 1 heterocycles. The van der Waals surface area contributed by atoms with Gasteiger partial charge in [-0.05, 0) is 24.6 Å². The van der Waals surface area contributed by atoms with Crippen molar-refractivity contribution in [2.45, 2.75) is 19.6 Å². The van der Waals surface area contributed by atoms with E-state index in [4.69, 9.17) is 11.6 Å². The smallest absolute Gasteiger partial charge is 0.155 e. The van der Waals surface area contributed by atoms with Crippen molar-refractivity contribution in [2.75, 3.05) is 4.90 Å². The number of aromatic nitrogens is 2. The molecular weight excluding hydrogens is 325 g/mol. The minimum Gasteiger partial charge on any atom is -0.321 e. The van der Waals surface area contributed by atoms with Crippen LogP contribution in [0.1, 0.15) is 24.4 Å². The number of rotatable bonds is 5. The average molecular weight is 342 g/mol. The molecule has 5 heteroatoms. The zero-order valence-electron chi connectivity index (χ0n) is 13.2. The van der Waals surface area contributed by atoms with E-state index in [9.17, 15) is 4.39 Å². The van der Waals surface area contributed by atoms with Crippen molar-refractivity contribution in [3.8, 4) is 0 Å². The largest absolute Gasteiger partial charge is 0.321 e. The van der Waals surface area contributed by atoms with Crippen LogP contribution in [-0.4, -0.2) is 9.97 Å². The van der Waals surface area contributed by atoms with Crippen molar-refractivity contribution in [1.82, 2.24) is 9.97 Å². The highest BCUT2D eigenvalue weighted by Gasteiger charge is 2.20. The number of anilines is 2. The Hall–Kier alpha value is -2.46. The van der Waals surface area contributed by atoms with Crippen LogP contribution >= 0.6 is 11.6 Å². The van der Waals surface area contributed by atoms with E-state index < -0.39 is 6.17 Å². The van der Waals surface area contributed by atoms with Gasteiger partial charge < -0.3 is 4.90 Å². The van der Waals surface area contributed by atoms with E-state index in [0.717, 1.165) is 11.3 Å². The average Bonchev–Trinajstić information content (AvgIpc) is 2.61. The minimum atomic E-state index is -1.26. The first kappa shape index (κ1) is 16.4. The molecule has 0 saturated heterocycles. The number of halogens is 2. The monoisotopic (exact) mass is 341 g/mol. The molecular formula is C19H17ClFN3. The summed E-state index contributed by atoms with van der Waals surface area (Å²) in [4.78, 5) is 10.3. The molecule has 2 aromatic carbocycles. The Morgan fingerprint density at radius 2 is 1.62 bits per heavy atom. The maximum absolute atomic E-state index is 13.8. The van der Waals surface area contributed by atoms with E-state index in [0.29, 0.717) is 12.4 Å². The first-order valence-corrected chi connectivity index (χ1v) is 8.05. The SMILES string of the molecule is CC(F)c1ncnc(N(Cc2ccccc2)c2ccccc2)c1Cl.